The molecule has 0 atom stereocenters. The topological polar surface area (TPSA) is 18.5 Å². The molecule has 0 aliphatic rings. The largest absolute Gasteiger partial charge is 0.362 e. The lowest BCUT2D eigenvalue weighted by Crippen LogP contribution is -2.42. The van der Waals surface area contributed by atoms with E-state index < -0.39 is 0 Å². The molecule has 0 aromatic heterocycles. The van der Waals surface area contributed by atoms with Crippen molar-refractivity contribution in [3.63, 3.8) is 0 Å². The molecule has 0 saturated carbocycles. The molecule has 0 aromatic carbocycles. The van der Waals surface area contributed by atoms with Gasteiger partial charge in [0.05, 0.1) is 0 Å². The monoisotopic (exact) mass is 245 g/mol. The van der Waals surface area contributed by atoms with Crippen molar-refractivity contribution in [3.05, 3.63) is 0 Å². The second kappa shape index (κ2) is 8.76. The van der Waals surface area contributed by atoms with Gasteiger partial charge >= 0.3 is 0 Å². The summed E-state index contributed by atoms with van der Waals surface area (Å²) in [6, 6.07) is 0. The molecule has 0 radical (unpaired) electrons. The second-order valence-corrected chi connectivity index (χ2v) is 5.20. The van der Waals surface area contributed by atoms with Gasteiger partial charge in [0.25, 0.3) is 0 Å². The van der Waals surface area contributed by atoms with Gasteiger partial charge in [-0.3, -0.25) is 0 Å². The van der Waals surface area contributed by atoms with E-state index in [4.69, 9.17) is 12.2 Å². The molecule has 0 heterocycles. The maximum absolute atomic E-state index is 5.37. The third kappa shape index (κ3) is 7.88. The zero-order valence-electron chi connectivity index (χ0n) is 11.4. The van der Waals surface area contributed by atoms with Crippen LogP contribution in [-0.4, -0.2) is 55.2 Å². The number of hydrogen-bond acceptors (Lipinski definition) is 2. The van der Waals surface area contributed by atoms with Crippen LogP contribution in [0.15, 0.2) is 0 Å². The lowest BCUT2D eigenvalue weighted by molar-refractivity contribution is 0.351. The number of hydrogen-bond donors (Lipinski definition) is 1. The molecule has 0 spiro atoms. The van der Waals surface area contributed by atoms with Crippen molar-refractivity contribution in [2.24, 2.45) is 5.92 Å². The van der Waals surface area contributed by atoms with Crippen LogP contribution >= 0.6 is 12.2 Å². The molecule has 96 valence electrons. The highest BCUT2D eigenvalue weighted by atomic mass is 32.1. The van der Waals surface area contributed by atoms with Crippen LogP contribution < -0.4 is 5.32 Å². The normalized spacial score (nSPS) is 10.9. The van der Waals surface area contributed by atoms with E-state index >= 15 is 0 Å². The van der Waals surface area contributed by atoms with E-state index in [0.717, 1.165) is 37.7 Å². The van der Waals surface area contributed by atoms with Crippen molar-refractivity contribution in [3.8, 4) is 0 Å². The van der Waals surface area contributed by atoms with Gasteiger partial charge in [0, 0.05) is 19.6 Å². The van der Waals surface area contributed by atoms with Gasteiger partial charge in [0.2, 0.25) is 0 Å². The van der Waals surface area contributed by atoms with Gasteiger partial charge in [-0.25, -0.2) is 0 Å². The molecule has 0 aromatic rings. The third-order valence-electron chi connectivity index (χ3n) is 2.36. The van der Waals surface area contributed by atoms with Crippen LogP contribution in [-0.2, 0) is 0 Å². The smallest absolute Gasteiger partial charge is 0.168 e. The van der Waals surface area contributed by atoms with E-state index in [2.05, 4.69) is 50.0 Å². The minimum Gasteiger partial charge on any atom is -0.362 e. The molecule has 16 heavy (non-hydrogen) atoms. The van der Waals surface area contributed by atoms with E-state index in [1.54, 1.807) is 0 Å². The van der Waals surface area contributed by atoms with Crippen molar-refractivity contribution in [2.45, 2.75) is 27.2 Å². The van der Waals surface area contributed by atoms with Crippen LogP contribution in [0.3, 0.4) is 0 Å². The standard InChI is InChI=1S/C12H27N3S/c1-6-15(9-7-8-14(4)5)12(16)13-10-11(2)3/h11H,6-10H2,1-5H3,(H,13,16). The molecule has 0 aliphatic heterocycles. The molecule has 0 saturated heterocycles. The molecule has 0 bridgehead atoms. The number of rotatable bonds is 7. The second-order valence-electron chi connectivity index (χ2n) is 4.82. The Labute approximate surface area is 106 Å². The molecule has 0 unspecified atom stereocenters. The summed E-state index contributed by atoms with van der Waals surface area (Å²) in [6.45, 7) is 10.6. The predicted octanol–water partition coefficient (Wildman–Crippen LogP) is 1.79. The first kappa shape index (κ1) is 15.7. The van der Waals surface area contributed by atoms with Crippen molar-refractivity contribution in [2.75, 3.05) is 40.3 Å². The van der Waals surface area contributed by atoms with Crippen molar-refractivity contribution < 1.29 is 0 Å². The Hall–Kier alpha value is -0.350. The molecule has 4 heteroatoms. The van der Waals surface area contributed by atoms with Crippen LogP contribution in [0.5, 0.6) is 0 Å². The van der Waals surface area contributed by atoms with E-state index in [0.29, 0.717) is 5.92 Å². The van der Waals surface area contributed by atoms with Gasteiger partial charge in [-0.15, -0.1) is 0 Å². The van der Waals surface area contributed by atoms with Crippen LogP contribution in [0.1, 0.15) is 27.2 Å². The summed E-state index contributed by atoms with van der Waals surface area (Å²) >= 11 is 5.37. The Balaban J connectivity index is 3.83. The van der Waals surface area contributed by atoms with Gasteiger partial charge in [0.1, 0.15) is 0 Å². The highest BCUT2D eigenvalue weighted by Gasteiger charge is 2.07. The summed E-state index contributed by atoms with van der Waals surface area (Å²) in [7, 11) is 4.21. The van der Waals surface area contributed by atoms with Crippen LogP contribution in [0.4, 0.5) is 0 Å². The SMILES string of the molecule is CCN(CCCN(C)C)C(=S)NCC(C)C. The maximum Gasteiger partial charge on any atom is 0.168 e. The van der Waals surface area contributed by atoms with Crippen LogP contribution in [0, 0.1) is 5.92 Å². The number of nitrogens with one attached hydrogen (secondary N) is 1. The zero-order valence-corrected chi connectivity index (χ0v) is 12.2. The van der Waals surface area contributed by atoms with Gasteiger partial charge < -0.3 is 15.1 Å². The average molecular weight is 245 g/mol. The Kier molecular flexibility index (Phi) is 8.57. The highest BCUT2D eigenvalue weighted by Crippen LogP contribution is 1.96. The van der Waals surface area contributed by atoms with Crippen molar-refractivity contribution >= 4 is 17.3 Å². The zero-order chi connectivity index (χ0) is 12.6. The van der Waals surface area contributed by atoms with E-state index in [1.165, 1.54) is 0 Å². The molecule has 0 rings (SSSR count). The summed E-state index contributed by atoms with van der Waals surface area (Å²) < 4.78 is 0. The summed E-state index contributed by atoms with van der Waals surface area (Å²) in [5.74, 6) is 0.637. The summed E-state index contributed by atoms with van der Waals surface area (Å²) in [6.07, 6.45) is 1.16. The molecular weight excluding hydrogens is 218 g/mol. The van der Waals surface area contributed by atoms with Crippen LogP contribution in [0.2, 0.25) is 0 Å². The highest BCUT2D eigenvalue weighted by molar-refractivity contribution is 7.80. The average Bonchev–Trinajstić information content (AvgIpc) is 2.20. The van der Waals surface area contributed by atoms with E-state index in [9.17, 15) is 0 Å². The van der Waals surface area contributed by atoms with Crippen molar-refractivity contribution in [1.82, 2.24) is 15.1 Å². The summed E-state index contributed by atoms with van der Waals surface area (Å²) in [5.41, 5.74) is 0. The predicted molar refractivity (Wildman–Crippen MR) is 75.9 cm³/mol. The fourth-order valence-corrected chi connectivity index (χ4v) is 1.69. The third-order valence-corrected chi connectivity index (χ3v) is 2.77. The number of thiocarbonyl (C=S) groups is 1. The molecule has 1 N–H and O–H groups in total. The minimum atomic E-state index is 0.637. The molecule has 0 aliphatic carbocycles. The minimum absolute atomic E-state index is 0.637. The van der Waals surface area contributed by atoms with Gasteiger partial charge in [0.15, 0.2) is 5.11 Å². The van der Waals surface area contributed by atoms with Gasteiger partial charge in [-0.2, -0.15) is 0 Å². The molecular formula is C12H27N3S. The maximum atomic E-state index is 5.37. The summed E-state index contributed by atoms with van der Waals surface area (Å²) in [5, 5.41) is 4.21. The molecule has 0 fully saturated rings. The Morgan fingerprint density at radius 1 is 1.25 bits per heavy atom. The van der Waals surface area contributed by atoms with E-state index in [-0.39, 0.29) is 0 Å². The first-order valence-electron chi connectivity index (χ1n) is 6.14. The molecule has 3 nitrogen and oxygen atoms in total. The fraction of sp³-hybridized carbons (Fsp3) is 0.917. The van der Waals surface area contributed by atoms with Gasteiger partial charge in [-0.1, -0.05) is 13.8 Å². The first-order valence-corrected chi connectivity index (χ1v) is 6.55. The fourth-order valence-electron chi connectivity index (χ4n) is 1.38. The Morgan fingerprint density at radius 2 is 1.88 bits per heavy atom. The van der Waals surface area contributed by atoms with E-state index in [1.807, 2.05) is 0 Å². The Morgan fingerprint density at radius 3 is 2.31 bits per heavy atom. The van der Waals surface area contributed by atoms with Crippen molar-refractivity contribution in [1.29, 1.82) is 0 Å². The lowest BCUT2D eigenvalue weighted by Gasteiger charge is -2.25. The van der Waals surface area contributed by atoms with Crippen LogP contribution in [0.25, 0.3) is 0 Å². The summed E-state index contributed by atoms with van der Waals surface area (Å²) in [4.78, 5) is 4.44. The lowest BCUT2D eigenvalue weighted by atomic mass is 10.2. The number of nitrogens with zero attached hydrogens (tertiary/aromatic N) is 2. The first-order chi connectivity index (χ1) is 7.47. The molecule has 0 amide bonds. The Bertz CT molecular complexity index is 193. The van der Waals surface area contributed by atoms with Gasteiger partial charge in [-0.05, 0) is 52.1 Å². The quantitative estimate of drug-likeness (QED) is 0.689.